The fourth-order valence-electron chi connectivity index (χ4n) is 2.83. The third-order valence-corrected chi connectivity index (χ3v) is 4.39. The summed E-state index contributed by atoms with van der Waals surface area (Å²) >= 11 is 0. The molecule has 124 valence electrons. The van der Waals surface area contributed by atoms with Crippen molar-refractivity contribution >= 4 is 5.91 Å². The highest BCUT2D eigenvalue weighted by molar-refractivity contribution is 5.85. The molecule has 0 bridgehead atoms. The van der Waals surface area contributed by atoms with E-state index in [0.717, 1.165) is 45.3 Å². The maximum absolute atomic E-state index is 11.9. The summed E-state index contributed by atoms with van der Waals surface area (Å²) in [5.74, 6) is -0.0130. The largest absolute Gasteiger partial charge is 0.355 e. The van der Waals surface area contributed by atoms with E-state index < -0.39 is 5.54 Å². The molecule has 0 aromatic heterocycles. The summed E-state index contributed by atoms with van der Waals surface area (Å²) in [6.07, 6.45) is 3.84. The maximum atomic E-state index is 11.9. The molecule has 5 nitrogen and oxygen atoms in total. The maximum Gasteiger partial charge on any atom is 0.239 e. The second kappa shape index (κ2) is 9.38. The van der Waals surface area contributed by atoms with Gasteiger partial charge < -0.3 is 20.9 Å². The van der Waals surface area contributed by atoms with Crippen molar-refractivity contribution in [3.05, 3.63) is 0 Å². The molecule has 3 N–H and O–H groups in total. The first-order chi connectivity index (χ1) is 9.99. The average molecular weight is 298 g/mol. The van der Waals surface area contributed by atoms with Crippen molar-refractivity contribution in [1.29, 1.82) is 0 Å². The number of nitrogens with two attached hydrogens (primary N) is 1. The molecular formula is C16H34N4O. The van der Waals surface area contributed by atoms with Crippen LogP contribution in [-0.2, 0) is 4.79 Å². The zero-order valence-corrected chi connectivity index (χ0v) is 14.2. The quantitative estimate of drug-likeness (QED) is 0.624. The SMILES string of the molecule is CCCC(C)(N)C(=O)NCCCCN1CCN(CC)CC1. The number of carbonyl (C=O) groups excluding carboxylic acids is 1. The molecule has 0 spiro atoms. The van der Waals surface area contributed by atoms with E-state index in [-0.39, 0.29) is 5.91 Å². The second-order valence-electron chi connectivity index (χ2n) is 6.41. The van der Waals surface area contributed by atoms with Crippen LogP contribution in [0.25, 0.3) is 0 Å². The molecule has 5 heteroatoms. The average Bonchev–Trinajstić information content (AvgIpc) is 2.47. The zero-order chi connectivity index (χ0) is 15.7. The minimum absolute atomic E-state index is 0.0130. The van der Waals surface area contributed by atoms with Gasteiger partial charge >= 0.3 is 0 Å². The van der Waals surface area contributed by atoms with Gasteiger partial charge in [-0.1, -0.05) is 20.3 Å². The Balaban J connectivity index is 2.06. The van der Waals surface area contributed by atoms with Crippen molar-refractivity contribution in [1.82, 2.24) is 15.1 Å². The molecule has 0 aromatic carbocycles. The highest BCUT2D eigenvalue weighted by Crippen LogP contribution is 2.08. The molecule has 0 radical (unpaired) electrons. The number of rotatable bonds is 9. The lowest BCUT2D eigenvalue weighted by Crippen LogP contribution is -2.51. The molecule has 1 aliphatic rings. The summed E-state index contributed by atoms with van der Waals surface area (Å²) in [6.45, 7) is 13.9. The Labute approximate surface area is 130 Å². The lowest BCUT2D eigenvalue weighted by molar-refractivity contribution is -0.126. The molecule has 1 fully saturated rings. The third-order valence-electron chi connectivity index (χ3n) is 4.39. The van der Waals surface area contributed by atoms with Crippen molar-refractivity contribution in [3.63, 3.8) is 0 Å². The summed E-state index contributed by atoms with van der Waals surface area (Å²) in [4.78, 5) is 17.0. The van der Waals surface area contributed by atoms with E-state index in [1.807, 2.05) is 6.92 Å². The van der Waals surface area contributed by atoms with Gasteiger partial charge in [-0.05, 0) is 39.3 Å². The van der Waals surface area contributed by atoms with Gasteiger partial charge in [-0.2, -0.15) is 0 Å². The van der Waals surface area contributed by atoms with Crippen molar-refractivity contribution in [2.24, 2.45) is 5.73 Å². The molecular weight excluding hydrogens is 264 g/mol. The van der Waals surface area contributed by atoms with Gasteiger partial charge in [0.1, 0.15) is 0 Å². The first-order valence-corrected chi connectivity index (χ1v) is 8.51. The van der Waals surface area contributed by atoms with E-state index in [4.69, 9.17) is 5.73 Å². The van der Waals surface area contributed by atoms with Crippen molar-refractivity contribution < 1.29 is 4.79 Å². The fourth-order valence-corrected chi connectivity index (χ4v) is 2.83. The van der Waals surface area contributed by atoms with Gasteiger partial charge in [0.15, 0.2) is 0 Å². The molecule has 0 aromatic rings. The number of carbonyl (C=O) groups is 1. The molecule has 1 amide bonds. The minimum atomic E-state index is -0.717. The fraction of sp³-hybridized carbons (Fsp3) is 0.938. The van der Waals surface area contributed by atoms with E-state index >= 15 is 0 Å². The van der Waals surface area contributed by atoms with E-state index in [9.17, 15) is 4.79 Å². The summed E-state index contributed by atoms with van der Waals surface area (Å²) in [7, 11) is 0. The van der Waals surface area contributed by atoms with Crippen LogP contribution in [0.5, 0.6) is 0 Å². The molecule has 0 saturated carbocycles. The topological polar surface area (TPSA) is 61.6 Å². The van der Waals surface area contributed by atoms with E-state index in [1.54, 1.807) is 0 Å². The first kappa shape index (κ1) is 18.4. The number of amides is 1. The molecule has 0 aliphatic carbocycles. The number of likely N-dealkylation sites (N-methyl/N-ethyl adjacent to an activating group) is 1. The van der Waals surface area contributed by atoms with E-state index in [0.29, 0.717) is 0 Å². The second-order valence-corrected chi connectivity index (χ2v) is 6.41. The predicted octanol–water partition coefficient (Wildman–Crippen LogP) is 1.04. The molecule has 1 heterocycles. The van der Waals surface area contributed by atoms with Crippen LogP contribution in [0.3, 0.4) is 0 Å². The third kappa shape index (κ3) is 6.76. The van der Waals surface area contributed by atoms with Crippen molar-refractivity contribution in [2.75, 3.05) is 45.8 Å². The summed E-state index contributed by atoms with van der Waals surface area (Å²) in [6, 6.07) is 0. The van der Waals surface area contributed by atoms with E-state index in [2.05, 4.69) is 29.0 Å². The lowest BCUT2D eigenvalue weighted by Gasteiger charge is -2.34. The Bertz CT molecular complexity index is 299. The monoisotopic (exact) mass is 298 g/mol. The Morgan fingerprint density at radius 2 is 1.76 bits per heavy atom. The number of piperazine rings is 1. The first-order valence-electron chi connectivity index (χ1n) is 8.51. The number of nitrogens with one attached hydrogen (secondary N) is 1. The van der Waals surface area contributed by atoms with Gasteiger partial charge in [0.25, 0.3) is 0 Å². The van der Waals surface area contributed by atoms with Crippen molar-refractivity contribution in [2.45, 2.75) is 52.0 Å². The smallest absolute Gasteiger partial charge is 0.239 e. The normalized spacial score (nSPS) is 20.2. The van der Waals surface area contributed by atoms with Gasteiger partial charge in [0, 0.05) is 32.7 Å². The zero-order valence-electron chi connectivity index (χ0n) is 14.2. The van der Waals surface area contributed by atoms with Gasteiger partial charge in [-0.25, -0.2) is 0 Å². The van der Waals surface area contributed by atoms with Gasteiger partial charge in [0.2, 0.25) is 5.91 Å². The Kier molecular flexibility index (Phi) is 8.22. The molecule has 1 atom stereocenters. The van der Waals surface area contributed by atoms with Gasteiger partial charge in [-0.3, -0.25) is 4.79 Å². The highest BCUT2D eigenvalue weighted by Gasteiger charge is 2.26. The molecule has 1 aliphatic heterocycles. The van der Waals surface area contributed by atoms with Gasteiger partial charge in [0.05, 0.1) is 5.54 Å². The van der Waals surface area contributed by atoms with Crippen LogP contribution in [0.4, 0.5) is 0 Å². The number of hydrogen-bond acceptors (Lipinski definition) is 4. The predicted molar refractivity (Wildman–Crippen MR) is 88.3 cm³/mol. The van der Waals surface area contributed by atoms with Crippen LogP contribution in [0.15, 0.2) is 0 Å². The molecule has 1 unspecified atom stereocenters. The summed E-state index contributed by atoms with van der Waals surface area (Å²) in [5.41, 5.74) is 5.29. The molecule has 1 rings (SSSR count). The van der Waals surface area contributed by atoms with Crippen LogP contribution in [0.2, 0.25) is 0 Å². The van der Waals surface area contributed by atoms with Crippen LogP contribution in [0.1, 0.15) is 46.5 Å². The number of nitrogens with zero attached hydrogens (tertiary/aromatic N) is 2. The van der Waals surface area contributed by atoms with Crippen molar-refractivity contribution in [3.8, 4) is 0 Å². The van der Waals surface area contributed by atoms with E-state index in [1.165, 1.54) is 26.2 Å². The Hall–Kier alpha value is -0.650. The Morgan fingerprint density at radius 1 is 1.14 bits per heavy atom. The summed E-state index contributed by atoms with van der Waals surface area (Å²) < 4.78 is 0. The highest BCUT2D eigenvalue weighted by atomic mass is 16.2. The summed E-state index contributed by atoms with van der Waals surface area (Å²) in [5, 5.41) is 2.97. The van der Waals surface area contributed by atoms with Crippen LogP contribution in [0, 0.1) is 0 Å². The van der Waals surface area contributed by atoms with Crippen LogP contribution < -0.4 is 11.1 Å². The molecule has 1 saturated heterocycles. The van der Waals surface area contributed by atoms with Gasteiger partial charge in [-0.15, -0.1) is 0 Å². The van der Waals surface area contributed by atoms with Crippen LogP contribution >= 0.6 is 0 Å². The number of unbranched alkanes of at least 4 members (excludes halogenated alkanes) is 1. The Morgan fingerprint density at radius 3 is 2.33 bits per heavy atom. The van der Waals surface area contributed by atoms with Crippen LogP contribution in [-0.4, -0.2) is 67.1 Å². The minimum Gasteiger partial charge on any atom is -0.355 e. The lowest BCUT2D eigenvalue weighted by atomic mass is 9.96. The standard InChI is InChI=1S/C16H34N4O/c1-4-8-16(3,17)15(21)18-9-6-7-10-20-13-11-19(5-2)12-14-20/h4-14,17H2,1-3H3,(H,18,21). The number of hydrogen-bond donors (Lipinski definition) is 2. The molecule has 21 heavy (non-hydrogen) atoms.